The zero-order chi connectivity index (χ0) is 9.19. The van der Waals surface area contributed by atoms with Gasteiger partial charge in [0.2, 0.25) is 0 Å². The number of hydrogen-bond acceptors (Lipinski definition) is 2. The summed E-state index contributed by atoms with van der Waals surface area (Å²) in [5.41, 5.74) is 0. The van der Waals surface area contributed by atoms with Crippen molar-refractivity contribution in [3.8, 4) is 11.5 Å². The Kier molecular flexibility index (Phi) is 3.87. The van der Waals surface area contributed by atoms with Crippen molar-refractivity contribution >= 4 is 12.4 Å². The summed E-state index contributed by atoms with van der Waals surface area (Å²) in [6.45, 7) is 0. The van der Waals surface area contributed by atoms with E-state index in [-0.39, 0.29) is 12.4 Å². The van der Waals surface area contributed by atoms with Crippen molar-refractivity contribution < 1.29 is 23.0 Å². The first-order valence-corrected chi connectivity index (χ1v) is 3.03. The second kappa shape index (κ2) is 4.23. The predicted molar refractivity (Wildman–Crippen MR) is 42.0 cm³/mol. The number of hydrogen-bond donors (Lipinski definition) is 1. The largest absolute Gasteiger partial charge is 0.573 e. The normalized spacial score (nSPS) is 10.4. The summed E-state index contributed by atoms with van der Waals surface area (Å²) >= 11 is 0. The monoisotopic (exact) mass is 214 g/mol. The highest BCUT2D eigenvalue weighted by atomic mass is 35.5. The van der Waals surface area contributed by atoms with Crippen LogP contribution in [0.1, 0.15) is 0 Å². The standard InChI is InChI=1S/C7H5F3O2.ClH/c8-7(9,10)12-6-4-2-1-3-5(6)11;/h1-4,11H;1H. The molecule has 13 heavy (non-hydrogen) atoms. The average molecular weight is 215 g/mol. The van der Waals surface area contributed by atoms with Crippen LogP contribution in [-0.2, 0) is 0 Å². The molecule has 0 atom stereocenters. The molecule has 1 aromatic carbocycles. The Morgan fingerprint density at radius 2 is 1.69 bits per heavy atom. The summed E-state index contributed by atoms with van der Waals surface area (Å²) in [6.07, 6.45) is -4.77. The van der Waals surface area contributed by atoms with Crippen molar-refractivity contribution in [3.63, 3.8) is 0 Å². The highest BCUT2D eigenvalue weighted by Gasteiger charge is 2.31. The molecule has 0 aliphatic rings. The minimum absolute atomic E-state index is 0. The third-order valence-electron chi connectivity index (χ3n) is 1.09. The molecule has 1 N–H and O–H groups in total. The maximum absolute atomic E-state index is 11.6. The number of aromatic hydroxyl groups is 1. The van der Waals surface area contributed by atoms with Crippen molar-refractivity contribution in [2.45, 2.75) is 6.36 Å². The van der Waals surface area contributed by atoms with Crippen molar-refractivity contribution in [2.75, 3.05) is 0 Å². The molecule has 0 fully saturated rings. The quantitative estimate of drug-likeness (QED) is 0.779. The van der Waals surface area contributed by atoms with E-state index >= 15 is 0 Å². The average Bonchev–Trinajstić information content (AvgIpc) is 1.91. The lowest BCUT2D eigenvalue weighted by Gasteiger charge is -2.09. The van der Waals surface area contributed by atoms with E-state index in [1.54, 1.807) is 0 Å². The first kappa shape index (κ1) is 11.9. The van der Waals surface area contributed by atoms with Gasteiger partial charge in [-0.3, -0.25) is 0 Å². The van der Waals surface area contributed by atoms with Crippen molar-refractivity contribution in [1.29, 1.82) is 0 Å². The fourth-order valence-electron chi connectivity index (χ4n) is 0.668. The lowest BCUT2D eigenvalue weighted by Crippen LogP contribution is -2.17. The Morgan fingerprint density at radius 1 is 1.15 bits per heavy atom. The van der Waals surface area contributed by atoms with E-state index in [2.05, 4.69) is 4.74 Å². The lowest BCUT2D eigenvalue weighted by molar-refractivity contribution is -0.275. The van der Waals surface area contributed by atoms with Gasteiger partial charge in [-0.1, -0.05) is 12.1 Å². The van der Waals surface area contributed by atoms with Gasteiger partial charge in [-0.2, -0.15) is 0 Å². The topological polar surface area (TPSA) is 29.5 Å². The van der Waals surface area contributed by atoms with Gasteiger partial charge in [0.25, 0.3) is 0 Å². The molecule has 0 spiro atoms. The summed E-state index contributed by atoms with van der Waals surface area (Å²) in [6, 6.07) is 4.88. The zero-order valence-electron chi connectivity index (χ0n) is 6.21. The number of benzene rings is 1. The third-order valence-corrected chi connectivity index (χ3v) is 1.09. The van der Waals surface area contributed by atoms with Crippen LogP contribution in [0.25, 0.3) is 0 Å². The second-order valence-electron chi connectivity index (χ2n) is 2.02. The second-order valence-corrected chi connectivity index (χ2v) is 2.02. The molecular formula is C7H6ClF3O2. The maximum atomic E-state index is 11.6. The molecule has 0 amide bonds. The van der Waals surface area contributed by atoms with Crippen LogP contribution in [0.5, 0.6) is 11.5 Å². The van der Waals surface area contributed by atoms with Crippen LogP contribution >= 0.6 is 12.4 Å². The number of ether oxygens (including phenoxy) is 1. The van der Waals surface area contributed by atoms with E-state index in [1.807, 2.05) is 0 Å². The third kappa shape index (κ3) is 3.89. The molecule has 0 saturated carbocycles. The maximum Gasteiger partial charge on any atom is 0.573 e. The number of alkyl halides is 3. The molecule has 0 aliphatic carbocycles. The fraction of sp³-hybridized carbons (Fsp3) is 0.143. The molecule has 2 nitrogen and oxygen atoms in total. The molecule has 0 radical (unpaired) electrons. The molecule has 0 unspecified atom stereocenters. The summed E-state index contributed by atoms with van der Waals surface area (Å²) in [4.78, 5) is 0. The van der Waals surface area contributed by atoms with E-state index in [0.29, 0.717) is 0 Å². The molecule has 74 valence electrons. The van der Waals surface area contributed by atoms with Gasteiger partial charge >= 0.3 is 6.36 Å². The number of phenolic OH excluding ortho intramolecular Hbond substituents is 1. The number of halogens is 4. The molecule has 0 aromatic heterocycles. The number of para-hydroxylation sites is 2. The fourth-order valence-corrected chi connectivity index (χ4v) is 0.668. The van der Waals surface area contributed by atoms with Crippen LogP contribution < -0.4 is 4.74 Å². The van der Waals surface area contributed by atoms with Crippen LogP contribution in [0, 0.1) is 0 Å². The Balaban J connectivity index is 0.00000144. The Labute approximate surface area is 78.4 Å². The van der Waals surface area contributed by atoms with Crippen molar-refractivity contribution in [3.05, 3.63) is 24.3 Å². The molecular weight excluding hydrogens is 209 g/mol. The molecule has 6 heteroatoms. The zero-order valence-corrected chi connectivity index (χ0v) is 7.02. The van der Waals surface area contributed by atoms with Gasteiger partial charge in [-0.15, -0.1) is 25.6 Å². The first-order chi connectivity index (χ1) is 5.49. The van der Waals surface area contributed by atoms with Crippen LogP contribution in [0.2, 0.25) is 0 Å². The molecule has 0 aliphatic heterocycles. The van der Waals surface area contributed by atoms with Crippen LogP contribution in [-0.4, -0.2) is 11.5 Å². The summed E-state index contributed by atoms with van der Waals surface area (Å²) in [5.74, 6) is -1.13. The van der Waals surface area contributed by atoms with Gasteiger partial charge in [-0.25, -0.2) is 0 Å². The van der Waals surface area contributed by atoms with Crippen LogP contribution in [0.4, 0.5) is 13.2 Å². The summed E-state index contributed by atoms with van der Waals surface area (Å²) in [7, 11) is 0. The van der Waals surface area contributed by atoms with Crippen molar-refractivity contribution in [1.82, 2.24) is 0 Å². The highest BCUT2D eigenvalue weighted by molar-refractivity contribution is 5.85. The van der Waals surface area contributed by atoms with E-state index < -0.39 is 17.9 Å². The Hall–Kier alpha value is -1.10. The molecule has 1 aromatic rings. The predicted octanol–water partition coefficient (Wildman–Crippen LogP) is 2.71. The molecule has 0 heterocycles. The Bertz CT molecular complexity index is 275. The van der Waals surface area contributed by atoms with E-state index in [4.69, 9.17) is 5.11 Å². The van der Waals surface area contributed by atoms with Crippen molar-refractivity contribution in [2.24, 2.45) is 0 Å². The number of rotatable bonds is 1. The van der Waals surface area contributed by atoms with Crippen LogP contribution in [0.15, 0.2) is 24.3 Å². The summed E-state index contributed by atoms with van der Waals surface area (Å²) < 4.78 is 38.2. The number of phenols is 1. The van der Waals surface area contributed by atoms with Gasteiger partial charge < -0.3 is 9.84 Å². The minimum Gasteiger partial charge on any atom is -0.504 e. The van der Waals surface area contributed by atoms with Gasteiger partial charge in [0.05, 0.1) is 0 Å². The lowest BCUT2D eigenvalue weighted by atomic mass is 10.3. The van der Waals surface area contributed by atoms with Gasteiger partial charge in [0.1, 0.15) is 0 Å². The molecule has 0 bridgehead atoms. The summed E-state index contributed by atoms with van der Waals surface area (Å²) in [5, 5.41) is 8.85. The van der Waals surface area contributed by atoms with Gasteiger partial charge in [0, 0.05) is 0 Å². The van der Waals surface area contributed by atoms with E-state index in [0.717, 1.165) is 12.1 Å². The van der Waals surface area contributed by atoms with Gasteiger partial charge in [-0.05, 0) is 12.1 Å². The Morgan fingerprint density at radius 3 is 2.15 bits per heavy atom. The molecule has 0 saturated heterocycles. The molecule has 1 rings (SSSR count). The van der Waals surface area contributed by atoms with E-state index in [1.165, 1.54) is 12.1 Å². The first-order valence-electron chi connectivity index (χ1n) is 3.03. The smallest absolute Gasteiger partial charge is 0.504 e. The van der Waals surface area contributed by atoms with E-state index in [9.17, 15) is 13.2 Å². The highest BCUT2D eigenvalue weighted by Crippen LogP contribution is 2.30. The SMILES string of the molecule is Cl.Oc1ccccc1OC(F)(F)F. The van der Waals surface area contributed by atoms with Gasteiger partial charge in [0.15, 0.2) is 11.5 Å². The minimum atomic E-state index is -4.77. The van der Waals surface area contributed by atoms with Crippen LogP contribution in [0.3, 0.4) is 0 Å².